The number of morpholine rings is 1. The van der Waals surface area contributed by atoms with Gasteiger partial charge >= 0.3 is 6.18 Å². The Bertz CT molecular complexity index is 1280. The molecule has 5 rings (SSSR count). The third kappa shape index (κ3) is 3.48. The first-order valence-corrected chi connectivity index (χ1v) is 10.5. The highest BCUT2D eigenvalue weighted by Crippen LogP contribution is 2.40. The number of rotatable bonds is 3. The number of halogens is 5. The van der Waals surface area contributed by atoms with E-state index in [-0.39, 0.29) is 42.6 Å². The van der Waals surface area contributed by atoms with Crippen LogP contribution in [0.4, 0.5) is 17.6 Å². The summed E-state index contributed by atoms with van der Waals surface area (Å²) in [5.74, 6) is -0.969. The van der Waals surface area contributed by atoms with Crippen LogP contribution in [-0.4, -0.2) is 56.9 Å². The second-order valence-electron chi connectivity index (χ2n) is 7.75. The molecular formula is C21H16ClF4N5O3. The molecule has 0 saturated carbocycles. The lowest BCUT2D eigenvalue weighted by molar-refractivity contribution is -0.137. The third-order valence-electron chi connectivity index (χ3n) is 5.84. The van der Waals surface area contributed by atoms with Crippen molar-refractivity contribution in [2.24, 2.45) is 0 Å². The van der Waals surface area contributed by atoms with Crippen molar-refractivity contribution in [1.29, 1.82) is 0 Å². The summed E-state index contributed by atoms with van der Waals surface area (Å²) in [5, 5.41) is 7.54. The first kappa shape index (κ1) is 22.5. The molecule has 1 fully saturated rings. The highest BCUT2D eigenvalue weighted by atomic mass is 35.5. The van der Waals surface area contributed by atoms with Crippen molar-refractivity contribution >= 4 is 17.5 Å². The summed E-state index contributed by atoms with van der Waals surface area (Å²) in [6.45, 7) is 0.268. The van der Waals surface area contributed by atoms with Crippen LogP contribution in [0.3, 0.4) is 0 Å². The van der Waals surface area contributed by atoms with E-state index in [1.54, 1.807) is 4.57 Å². The summed E-state index contributed by atoms with van der Waals surface area (Å²) in [6, 6.07) is 3.23. The van der Waals surface area contributed by atoms with Crippen LogP contribution in [0.5, 0.6) is 5.75 Å². The zero-order valence-corrected chi connectivity index (χ0v) is 18.3. The molecule has 0 N–H and O–H groups in total. The summed E-state index contributed by atoms with van der Waals surface area (Å²) in [5.41, 5.74) is -1.44. The topological polar surface area (TPSA) is 82.4 Å². The zero-order valence-electron chi connectivity index (χ0n) is 17.5. The Morgan fingerprint density at radius 1 is 1.24 bits per heavy atom. The van der Waals surface area contributed by atoms with Gasteiger partial charge in [-0.2, -0.15) is 13.2 Å². The minimum atomic E-state index is -4.71. The Kier molecular flexibility index (Phi) is 5.44. The fourth-order valence-electron chi connectivity index (χ4n) is 4.30. The summed E-state index contributed by atoms with van der Waals surface area (Å²) < 4.78 is 67.0. The van der Waals surface area contributed by atoms with Gasteiger partial charge in [0.15, 0.2) is 23.2 Å². The van der Waals surface area contributed by atoms with Crippen LogP contribution in [0.1, 0.15) is 27.8 Å². The standard InChI is InChI=1S/C21H16ClF4N5O3/c1-33-14-5-6-27-17(16(14)23)19-29-28-18-13-9-34-8-10(7-30(18)19)31(13)20(32)11-3-2-4-12(15(11)22)21(24,25)26/h2-6,10,13H,7-9H2,1H3/t10-,13-/m1/s1. The number of carbonyl (C=O) groups is 1. The zero-order chi connectivity index (χ0) is 24.2. The van der Waals surface area contributed by atoms with Gasteiger partial charge in [-0.25, -0.2) is 9.37 Å². The Balaban J connectivity index is 1.55. The Hall–Kier alpha value is -3.25. The van der Waals surface area contributed by atoms with Gasteiger partial charge in [0, 0.05) is 18.8 Å². The molecule has 2 bridgehead atoms. The first-order chi connectivity index (χ1) is 16.2. The van der Waals surface area contributed by atoms with Crippen LogP contribution in [0.25, 0.3) is 11.5 Å². The number of aromatic nitrogens is 4. The van der Waals surface area contributed by atoms with E-state index in [0.29, 0.717) is 5.82 Å². The molecule has 2 atom stereocenters. The molecule has 0 spiro atoms. The molecule has 0 unspecified atom stereocenters. The second-order valence-corrected chi connectivity index (χ2v) is 8.13. The molecule has 34 heavy (non-hydrogen) atoms. The minimum Gasteiger partial charge on any atom is -0.494 e. The fraction of sp³-hybridized carbons (Fsp3) is 0.333. The maximum absolute atomic E-state index is 14.8. The molecule has 178 valence electrons. The molecule has 1 aromatic carbocycles. The molecule has 8 nitrogen and oxygen atoms in total. The Morgan fingerprint density at radius 2 is 2.03 bits per heavy atom. The average Bonchev–Trinajstić information content (AvgIpc) is 3.21. The van der Waals surface area contributed by atoms with Gasteiger partial charge in [-0.1, -0.05) is 17.7 Å². The number of pyridine rings is 1. The number of hydrogen-bond donors (Lipinski definition) is 0. The molecule has 1 amide bonds. The second kappa shape index (κ2) is 8.20. The lowest BCUT2D eigenvalue weighted by Gasteiger charge is -2.45. The summed E-state index contributed by atoms with van der Waals surface area (Å²) in [4.78, 5) is 18.9. The average molecular weight is 498 g/mol. The molecule has 0 aliphatic carbocycles. The minimum absolute atomic E-state index is 0.0160. The number of carbonyl (C=O) groups excluding carboxylic acids is 1. The quantitative estimate of drug-likeness (QED) is 0.513. The lowest BCUT2D eigenvalue weighted by atomic mass is 10.0. The van der Waals surface area contributed by atoms with E-state index in [1.165, 1.54) is 30.3 Å². The Labute approximate surface area is 195 Å². The molecule has 2 aliphatic rings. The van der Waals surface area contributed by atoms with Gasteiger partial charge in [-0.15, -0.1) is 10.2 Å². The van der Waals surface area contributed by atoms with E-state index in [1.807, 2.05) is 0 Å². The number of fused-ring (bicyclic) bond motifs is 4. The van der Waals surface area contributed by atoms with Crippen molar-refractivity contribution in [2.45, 2.75) is 24.8 Å². The van der Waals surface area contributed by atoms with Crippen molar-refractivity contribution < 1.29 is 31.8 Å². The number of hydrogen-bond acceptors (Lipinski definition) is 6. The normalized spacial score (nSPS) is 19.6. The molecular weight excluding hydrogens is 482 g/mol. The van der Waals surface area contributed by atoms with Crippen LogP contribution >= 0.6 is 11.6 Å². The number of ether oxygens (including phenoxy) is 2. The van der Waals surface area contributed by atoms with Gasteiger partial charge in [0.1, 0.15) is 11.7 Å². The smallest absolute Gasteiger partial charge is 0.417 e. The predicted molar refractivity (Wildman–Crippen MR) is 110 cm³/mol. The summed E-state index contributed by atoms with van der Waals surface area (Å²) >= 11 is 6.00. The number of alkyl halides is 3. The van der Waals surface area contributed by atoms with E-state index < -0.39 is 40.6 Å². The molecule has 2 aliphatic heterocycles. The van der Waals surface area contributed by atoms with Crippen molar-refractivity contribution in [3.63, 3.8) is 0 Å². The predicted octanol–water partition coefficient (Wildman–Crippen LogP) is 3.76. The largest absolute Gasteiger partial charge is 0.494 e. The van der Waals surface area contributed by atoms with E-state index >= 15 is 0 Å². The molecule has 0 radical (unpaired) electrons. The molecule has 3 aromatic rings. The van der Waals surface area contributed by atoms with Crippen molar-refractivity contribution in [3.8, 4) is 17.3 Å². The number of amides is 1. The monoisotopic (exact) mass is 497 g/mol. The van der Waals surface area contributed by atoms with Crippen LogP contribution in [0.2, 0.25) is 5.02 Å². The summed E-state index contributed by atoms with van der Waals surface area (Å²) in [7, 11) is 1.33. The number of nitrogens with zero attached hydrogens (tertiary/aromatic N) is 5. The van der Waals surface area contributed by atoms with Crippen molar-refractivity contribution in [2.75, 3.05) is 20.3 Å². The Morgan fingerprint density at radius 3 is 2.76 bits per heavy atom. The van der Waals surface area contributed by atoms with E-state index in [9.17, 15) is 22.4 Å². The lowest BCUT2D eigenvalue weighted by Crippen LogP contribution is -2.56. The van der Waals surface area contributed by atoms with Gasteiger partial charge in [-0.05, 0) is 12.1 Å². The van der Waals surface area contributed by atoms with Gasteiger partial charge in [0.05, 0.1) is 42.5 Å². The first-order valence-electron chi connectivity index (χ1n) is 10.1. The van der Waals surface area contributed by atoms with Crippen molar-refractivity contribution in [3.05, 3.63) is 58.3 Å². The number of benzene rings is 1. The molecule has 13 heteroatoms. The maximum atomic E-state index is 14.8. The van der Waals surface area contributed by atoms with Gasteiger partial charge in [-0.3, -0.25) is 4.79 Å². The van der Waals surface area contributed by atoms with E-state index in [4.69, 9.17) is 21.1 Å². The maximum Gasteiger partial charge on any atom is 0.417 e. The van der Waals surface area contributed by atoms with Crippen LogP contribution in [-0.2, 0) is 17.5 Å². The molecule has 1 saturated heterocycles. The van der Waals surface area contributed by atoms with Crippen LogP contribution in [0, 0.1) is 5.82 Å². The molecule has 4 heterocycles. The van der Waals surface area contributed by atoms with Gasteiger partial charge in [0.25, 0.3) is 5.91 Å². The van der Waals surface area contributed by atoms with E-state index in [0.717, 1.165) is 12.1 Å². The van der Waals surface area contributed by atoms with Gasteiger partial charge < -0.3 is 18.9 Å². The highest BCUT2D eigenvalue weighted by Gasteiger charge is 2.45. The van der Waals surface area contributed by atoms with Gasteiger partial charge in [0.2, 0.25) is 0 Å². The van der Waals surface area contributed by atoms with Crippen LogP contribution in [0.15, 0.2) is 30.5 Å². The highest BCUT2D eigenvalue weighted by molar-refractivity contribution is 6.34. The third-order valence-corrected chi connectivity index (χ3v) is 6.25. The fourth-order valence-corrected chi connectivity index (χ4v) is 4.61. The van der Waals surface area contributed by atoms with Crippen molar-refractivity contribution in [1.82, 2.24) is 24.6 Å². The summed E-state index contributed by atoms with van der Waals surface area (Å²) in [6.07, 6.45) is -3.34. The van der Waals surface area contributed by atoms with E-state index in [2.05, 4.69) is 15.2 Å². The molecule has 2 aromatic heterocycles. The SMILES string of the molecule is COc1ccnc(-c2nnc3n2C[C@@H]2COC[C@H]3N2C(=O)c2cccc(C(F)(F)F)c2Cl)c1F. The number of methoxy groups -OCH3 is 1. The van der Waals surface area contributed by atoms with Crippen LogP contribution < -0.4 is 4.74 Å².